The Labute approximate surface area is 109 Å². The van der Waals surface area contributed by atoms with Crippen molar-refractivity contribution < 1.29 is 14.7 Å². The van der Waals surface area contributed by atoms with Crippen molar-refractivity contribution in [3.8, 4) is 0 Å². The zero-order valence-corrected chi connectivity index (χ0v) is 10.3. The van der Waals surface area contributed by atoms with Crippen LogP contribution in [0.3, 0.4) is 0 Å². The van der Waals surface area contributed by atoms with Crippen LogP contribution in [0.5, 0.6) is 0 Å². The van der Waals surface area contributed by atoms with E-state index in [0.717, 1.165) is 5.69 Å². The molecule has 0 spiro atoms. The largest absolute Gasteiger partial charge is 0.478 e. The van der Waals surface area contributed by atoms with E-state index in [1.165, 1.54) is 18.3 Å². The Morgan fingerprint density at radius 3 is 2.58 bits per heavy atom. The van der Waals surface area contributed by atoms with E-state index < -0.39 is 5.97 Å². The molecular weight excluding hydrogens is 244 g/mol. The quantitative estimate of drug-likeness (QED) is 0.883. The zero-order chi connectivity index (χ0) is 13.8. The Morgan fingerprint density at radius 2 is 1.95 bits per heavy atom. The molecule has 5 nitrogen and oxygen atoms in total. The van der Waals surface area contributed by atoms with Gasteiger partial charge in [-0.25, -0.2) is 4.79 Å². The van der Waals surface area contributed by atoms with Crippen LogP contribution in [0.1, 0.15) is 26.4 Å². The number of aryl methyl sites for hydroxylation is 1. The highest BCUT2D eigenvalue weighted by Crippen LogP contribution is 2.12. The first-order valence-corrected chi connectivity index (χ1v) is 5.63. The molecule has 5 heteroatoms. The maximum Gasteiger partial charge on any atom is 0.335 e. The molecule has 0 aliphatic rings. The highest BCUT2D eigenvalue weighted by atomic mass is 16.4. The van der Waals surface area contributed by atoms with Gasteiger partial charge in [-0.15, -0.1) is 0 Å². The molecule has 1 heterocycles. The van der Waals surface area contributed by atoms with Gasteiger partial charge in [0.15, 0.2) is 0 Å². The van der Waals surface area contributed by atoms with Crippen molar-refractivity contribution in [1.29, 1.82) is 0 Å². The SMILES string of the molecule is Cc1ccc(C(=O)Nc2cccc(C(=O)O)c2)cn1. The molecule has 1 amide bonds. The number of rotatable bonds is 3. The Balaban J connectivity index is 2.17. The van der Waals surface area contributed by atoms with Crippen molar-refractivity contribution in [2.24, 2.45) is 0 Å². The molecule has 0 radical (unpaired) electrons. The Hall–Kier alpha value is -2.69. The molecule has 1 aromatic carbocycles. The van der Waals surface area contributed by atoms with E-state index in [9.17, 15) is 9.59 Å². The Bertz CT molecular complexity index is 621. The second-order valence-electron chi connectivity index (χ2n) is 4.03. The minimum Gasteiger partial charge on any atom is -0.478 e. The van der Waals surface area contributed by atoms with Gasteiger partial charge in [-0.05, 0) is 37.3 Å². The lowest BCUT2D eigenvalue weighted by Crippen LogP contribution is -2.12. The van der Waals surface area contributed by atoms with Crippen molar-refractivity contribution in [2.45, 2.75) is 6.92 Å². The standard InChI is InChI=1S/C14H12N2O3/c1-9-5-6-11(8-15-9)13(17)16-12-4-2-3-10(7-12)14(18)19/h2-8H,1H3,(H,16,17)(H,18,19). The topological polar surface area (TPSA) is 79.3 Å². The molecule has 0 saturated heterocycles. The number of benzene rings is 1. The number of carboxylic acids is 1. The lowest BCUT2D eigenvalue weighted by atomic mass is 10.2. The fourth-order valence-corrected chi connectivity index (χ4v) is 1.54. The molecule has 2 N–H and O–H groups in total. The molecule has 0 fully saturated rings. The lowest BCUT2D eigenvalue weighted by molar-refractivity contribution is 0.0696. The smallest absolute Gasteiger partial charge is 0.335 e. The molecule has 2 aromatic rings. The fourth-order valence-electron chi connectivity index (χ4n) is 1.54. The summed E-state index contributed by atoms with van der Waals surface area (Å²) in [5.41, 5.74) is 1.81. The zero-order valence-electron chi connectivity index (χ0n) is 10.3. The van der Waals surface area contributed by atoms with Gasteiger partial charge in [-0.3, -0.25) is 9.78 Å². The van der Waals surface area contributed by atoms with Crippen LogP contribution in [0.15, 0.2) is 42.6 Å². The number of anilines is 1. The van der Waals surface area contributed by atoms with E-state index in [1.54, 1.807) is 24.3 Å². The molecule has 2 rings (SSSR count). The molecule has 19 heavy (non-hydrogen) atoms. The second-order valence-corrected chi connectivity index (χ2v) is 4.03. The number of nitrogens with one attached hydrogen (secondary N) is 1. The Morgan fingerprint density at radius 1 is 1.16 bits per heavy atom. The summed E-state index contributed by atoms with van der Waals surface area (Å²) in [4.78, 5) is 26.8. The molecule has 0 atom stereocenters. The molecular formula is C14H12N2O3. The minimum atomic E-state index is -1.03. The highest BCUT2D eigenvalue weighted by molar-refractivity contribution is 6.04. The van der Waals surface area contributed by atoms with E-state index in [4.69, 9.17) is 5.11 Å². The van der Waals surface area contributed by atoms with Gasteiger partial charge >= 0.3 is 5.97 Å². The fraction of sp³-hybridized carbons (Fsp3) is 0.0714. The maximum absolute atomic E-state index is 11.9. The lowest BCUT2D eigenvalue weighted by Gasteiger charge is -2.06. The van der Waals surface area contributed by atoms with Crippen LogP contribution in [-0.4, -0.2) is 22.0 Å². The average Bonchev–Trinajstić information content (AvgIpc) is 2.39. The van der Waals surface area contributed by atoms with Gasteiger partial charge in [0, 0.05) is 17.6 Å². The van der Waals surface area contributed by atoms with Gasteiger partial charge in [-0.1, -0.05) is 6.07 Å². The monoisotopic (exact) mass is 256 g/mol. The number of carboxylic acid groups (broad SMARTS) is 1. The first kappa shape index (κ1) is 12.8. The van der Waals surface area contributed by atoms with Crippen LogP contribution in [0, 0.1) is 6.92 Å². The number of carbonyl (C=O) groups excluding carboxylic acids is 1. The second kappa shape index (κ2) is 5.30. The number of pyridine rings is 1. The summed E-state index contributed by atoms with van der Waals surface area (Å²) in [5.74, 6) is -1.36. The Kier molecular flexibility index (Phi) is 3.56. The number of nitrogens with zero attached hydrogens (tertiary/aromatic N) is 1. The molecule has 0 aliphatic heterocycles. The summed E-state index contributed by atoms with van der Waals surface area (Å²) in [6.07, 6.45) is 1.48. The molecule has 96 valence electrons. The van der Waals surface area contributed by atoms with E-state index >= 15 is 0 Å². The van der Waals surface area contributed by atoms with Crippen LogP contribution in [0.2, 0.25) is 0 Å². The molecule has 0 unspecified atom stereocenters. The number of aromatic carboxylic acids is 1. The van der Waals surface area contributed by atoms with Crippen LogP contribution in [0.4, 0.5) is 5.69 Å². The third kappa shape index (κ3) is 3.16. The first-order valence-electron chi connectivity index (χ1n) is 5.63. The predicted octanol–water partition coefficient (Wildman–Crippen LogP) is 2.34. The third-order valence-corrected chi connectivity index (χ3v) is 2.54. The summed E-state index contributed by atoms with van der Waals surface area (Å²) in [7, 11) is 0. The number of aromatic nitrogens is 1. The van der Waals surface area contributed by atoms with E-state index in [2.05, 4.69) is 10.3 Å². The van der Waals surface area contributed by atoms with E-state index in [-0.39, 0.29) is 11.5 Å². The molecule has 0 saturated carbocycles. The predicted molar refractivity (Wildman–Crippen MR) is 70.3 cm³/mol. The summed E-state index contributed by atoms with van der Waals surface area (Å²) in [6, 6.07) is 9.48. The molecule has 0 bridgehead atoms. The van der Waals surface area contributed by atoms with Gasteiger partial charge in [0.05, 0.1) is 11.1 Å². The number of hydrogen-bond donors (Lipinski definition) is 2. The van der Waals surface area contributed by atoms with Gasteiger partial charge in [0.25, 0.3) is 5.91 Å². The van der Waals surface area contributed by atoms with Gasteiger partial charge in [-0.2, -0.15) is 0 Å². The van der Waals surface area contributed by atoms with Crippen LogP contribution < -0.4 is 5.32 Å². The highest BCUT2D eigenvalue weighted by Gasteiger charge is 2.08. The third-order valence-electron chi connectivity index (χ3n) is 2.54. The van der Waals surface area contributed by atoms with Gasteiger partial charge in [0.2, 0.25) is 0 Å². The summed E-state index contributed by atoms with van der Waals surface area (Å²) in [6.45, 7) is 1.83. The average molecular weight is 256 g/mol. The first-order chi connectivity index (χ1) is 9.06. The van der Waals surface area contributed by atoms with E-state index in [0.29, 0.717) is 11.3 Å². The van der Waals surface area contributed by atoms with Crippen molar-refractivity contribution in [3.05, 3.63) is 59.4 Å². The summed E-state index contributed by atoms with van der Waals surface area (Å²) < 4.78 is 0. The normalized spacial score (nSPS) is 9.95. The van der Waals surface area contributed by atoms with Crippen molar-refractivity contribution >= 4 is 17.6 Å². The van der Waals surface area contributed by atoms with Gasteiger partial charge in [0.1, 0.15) is 0 Å². The summed E-state index contributed by atoms with van der Waals surface area (Å²) >= 11 is 0. The number of hydrogen-bond acceptors (Lipinski definition) is 3. The van der Waals surface area contributed by atoms with Crippen LogP contribution >= 0.6 is 0 Å². The maximum atomic E-state index is 11.9. The number of carbonyl (C=O) groups is 2. The van der Waals surface area contributed by atoms with Crippen molar-refractivity contribution in [2.75, 3.05) is 5.32 Å². The number of amides is 1. The minimum absolute atomic E-state index is 0.125. The van der Waals surface area contributed by atoms with Crippen LogP contribution in [-0.2, 0) is 0 Å². The molecule has 1 aromatic heterocycles. The summed E-state index contributed by atoms with van der Waals surface area (Å²) in [5, 5.41) is 11.5. The molecule has 0 aliphatic carbocycles. The van der Waals surface area contributed by atoms with Crippen LogP contribution in [0.25, 0.3) is 0 Å². The van der Waals surface area contributed by atoms with Crippen molar-refractivity contribution in [3.63, 3.8) is 0 Å². The van der Waals surface area contributed by atoms with E-state index in [1.807, 2.05) is 6.92 Å². The van der Waals surface area contributed by atoms with Gasteiger partial charge < -0.3 is 10.4 Å². The van der Waals surface area contributed by atoms with Crippen molar-refractivity contribution in [1.82, 2.24) is 4.98 Å².